The average molecular weight is 287 g/mol. The molecule has 0 saturated carbocycles. The third kappa shape index (κ3) is 4.80. The molecule has 0 saturated heterocycles. The fourth-order valence-corrected chi connectivity index (χ4v) is 2.75. The molecule has 0 spiro atoms. The maximum absolute atomic E-state index is 5.70. The van der Waals surface area contributed by atoms with Crippen LogP contribution < -0.4 is 4.74 Å². The number of hydrogen-bond acceptors (Lipinski definition) is 1. The van der Waals surface area contributed by atoms with Crippen molar-refractivity contribution in [3.05, 3.63) is 30.5 Å². The van der Waals surface area contributed by atoms with Gasteiger partial charge < -0.3 is 9.30 Å². The molecule has 1 aromatic carbocycles. The van der Waals surface area contributed by atoms with Crippen molar-refractivity contribution >= 4 is 10.9 Å². The monoisotopic (exact) mass is 287 g/mol. The van der Waals surface area contributed by atoms with Crippen LogP contribution in [-0.4, -0.2) is 11.2 Å². The highest BCUT2D eigenvalue weighted by Crippen LogP contribution is 2.22. The van der Waals surface area contributed by atoms with Crippen LogP contribution in [0.5, 0.6) is 5.75 Å². The topological polar surface area (TPSA) is 14.2 Å². The smallest absolute Gasteiger partial charge is 0.120 e. The zero-order valence-electron chi connectivity index (χ0n) is 13.6. The number of ether oxygens (including phenoxy) is 1. The van der Waals surface area contributed by atoms with E-state index in [2.05, 4.69) is 48.9 Å². The highest BCUT2D eigenvalue weighted by molar-refractivity contribution is 5.81. The fourth-order valence-electron chi connectivity index (χ4n) is 2.75. The summed E-state index contributed by atoms with van der Waals surface area (Å²) >= 11 is 0. The molecule has 0 radical (unpaired) electrons. The van der Waals surface area contributed by atoms with Crippen LogP contribution in [0.15, 0.2) is 30.5 Å². The summed E-state index contributed by atoms with van der Waals surface area (Å²) in [5.74, 6) is 0.988. The molecule has 21 heavy (non-hydrogen) atoms. The summed E-state index contributed by atoms with van der Waals surface area (Å²) < 4.78 is 8.07. The molecule has 1 aromatic heterocycles. The second-order valence-electron chi connectivity index (χ2n) is 5.85. The van der Waals surface area contributed by atoms with Gasteiger partial charge in [0.15, 0.2) is 0 Å². The zero-order chi connectivity index (χ0) is 14.9. The highest BCUT2D eigenvalue weighted by Gasteiger charge is 2.03. The van der Waals surface area contributed by atoms with Gasteiger partial charge in [0.2, 0.25) is 0 Å². The summed E-state index contributed by atoms with van der Waals surface area (Å²) in [6.45, 7) is 6.33. The molecule has 2 heteroatoms. The first kappa shape index (κ1) is 15.9. The van der Waals surface area contributed by atoms with E-state index in [1.54, 1.807) is 0 Å². The van der Waals surface area contributed by atoms with Crippen molar-refractivity contribution < 1.29 is 4.74 Å². The Morgan fingerprint density at radius 2 is 1.71 bits per heavy atom. The van der Waals surface area contributed by atoms with Gasteiger partial charge in [0, 0.05) is 23.6 Å². The van der Waals surface area contributed by atoms with Crippen molar-refractivity contribution in [1.82, 2.24) is 4.57 Å². The van der Waals surface area contributed by atoms with Crippen molar-refractivity contribution in [2.45, 2.75) is 65.3 Å². The molecule has 2 nitrogen and oxygen atoms in total. The Labute approximate surface area is 129 Å². The van der Waals surface area contributed by atoms with Gasteiger partial charge in [-0.05, 0) is 37.1 Å². The number of aryl methyl sites for hydroxylation is 1. The van der Waals surface area contributed by atoms with Crippen LogP contribution in [0.2, 0.25) is 0 Å². The Hall–Kier alpha value is -1.44. The SMILES string of the molecule is CCCCCCCCn1ccc2cc(OCCC)ccc21. The highest BCUT2D eigenvalue weighted by atomic mass is 16.5. The van der Waals surface area contributed by atoms with Gasteiger partial charge in [0.1, 0.15) is 5.75 Å². The zero-order valence-corrected chi connectivity index (χ0v) is 13.6. The second-order valence-corrected chi connectivity index (χ2v) is 5.85. The van der Waals surface area contributed by atoms with E-state index in [9.17, 15) is 0 Å². The first-order chi connectivity index (χ1) is 10.3. The van der Waals surface area contributed by atoms with E-state index in [1.165, 1.54) is 49.4 Å². The molecule has 0 aliphatic heterocycles. The molecule has 116 valence electrons. The number of benzene rings is 1. The van der Waals surface area contributed by atoms with Crippen molar-refractivity contribution in [1.29, 1.82) is 0 Å². The number of fused-ring (bicyclic) bond motifs is 1. The van der Waals surface area contributed by atoms with Crippen LogP contribution >= 0.6 is 0 Å². The standard InChI is InChI=1S/C19H29NO/c1-3-5-6-7-8-9-13-20-14-12-17-16-18(21-15-4-2)10-11-19(17)20/h10-12,14,16H,3-9,13,15H2,1-2H3. The third-order valence-electron chi connectivity index (χ3n) is 3.97. The molecule has 2 rings (SSSR count). The van der Waals surface area contributed by atoms with Gasteiger partial charge in [-0.3, -0.25) is 0 Å². The van der Waals surface area contributed by atoms with Crippen LogP contribution in [0.3, 0.4) is 0 Å². The Balaban J connectivity index is 1.86. The lowest BCUT2D eigenvalue weighted by Crippen LogP contribution is -1.97. The van der Waals surface area contributed by atoms with Crippen LogP contribution in [0.4, 0.5) is 0 Å². The predicted octanol–water partition coefficient (Wildman–Crippen LogP) is 5.79. The van der Waals surface area contributed by atoms with Gasteiger partial charge in [0.05, 0.1) is 6.61 Å². The summed E-state index contributed by atoms with van der Waals surface area (Å²) in [6.07, 6.45) is 11.4. The minimum atomic E-state index is 0.796. The Morgan fingerprint density at radius 3 is 2.52 bits per heavy atom. The average Bonchev–Trinajstić information content (AvgIpc) is 2.91. The molecule has 0 N–H and O–H groups in total. The minimum Gasteiger partial charge on any atom is -0.494 e. The molecule has 0 fully saturated rings. The lowest BCUT2D eigenvalue weighted by molar-refractivity contribution is 0.318. The third-order valence-corrected chi connectivity index (χ3v) is 3.97. The maximum Gasteiger partial charge on any atom is 0.120 e. The summed E-state index contributed by atoms with van der Waals surface area (Å²) in [6, 6.07) is 8.64. The van der Waals surface area contributed by atoms with E-state index in [1.807, 2.05) is 0 Å². The number of unbranched alkanes of at least 4 members (excludes halogenated alkanes) is 5. The lowest BCUT2D eigenvalue weighted by Gasteiger charge is -2.07. The predicted molar refractivity (Wildman–Crippen MR) is 91.1 cm³/mol. The van der Waals surface area contributed by atoms with E-state index < -0.39 is 0 Å². The van der Waals surface area contributed by atoms with E-state index in [4.69, 9.17) is 4.74 Å². The summed E-state index contributed by atoms with van der Waals surface area (Å²) in [7, 11) is 0. The van der Waals surface area contributed by atoms with Crippen LogP contribution in [0, 0.1) is 0 Å². The second kappa shape index (κ2) is 8.76. The summed E-state index contributed by atoms with van der Waals surface area (Å²) in [5.41, 5.74) is 1.33. The van der Waals surface area contributed by atoms with Gasteiger partial charge in [-0.1, -0.05) is 46.0 Å². The largest absolute Gasteiger partial charge is 0.494 e. The van der Waals surface area contributed by atoms with Gasteiger partial charge in [-0.25, -0.2) is 0 Å². The van der Waals surface area contributed by atoms with E-state index in [0.717, 1.165) is 25.3 Å². The maximum atomic E-state index is 5.70. The molecule has 1 heterocycles. The first-order valence-electron chi connectivity index (χ1n) is 8.57. The number of rotatable bonds is 10. The van der Waals surface area contributed by atoms with E-state index >= 15 is 0 Å². The molecule has 0 aliphatic carbocycles. The molecule has 0 atom stereocenters. The Morgan fingerprint density at radius 1 is 0.905 bits per heavy atom. The molecule has 2 aromatic rings. The fraction of sp³-hybridized carbons (Fsp3) is 0.579. The number of aromatic nitrogens is 1. The van der Waals surface area contributed by atoms with E-state index in [0.29, 0.717) is 0 Å². The van der Waals surface area contributed by atoms with E-state index in [-0.39, 0.29) is 0 Å². The van der Waals surface area contributed by atoms with Crippen LogP contribution in [-0.2, 0) is 6.54 Å². The van der Waals surface area contributed by atoms with Crippen LogP contribution in [0.1, 0.15) is 58.8 Å². The van der Waals surface area contributed by atoms with Gasteiger partial charge in [0.25, 0.3) is 0 Å². The number of hydrogen-bond donors (Lipinski definition) is 0. The first-order valence-corrected chi connectivity index (χ1v) is 8.57. The molecular formula is C19H29NO. The Bertz CT molecular complexity index is 529. The summed E-state index contributed by atoms with van der Waals surface area (Å²) in [4.78, 5) is 0. The van der Waals surface area contributed by atoms with Gasteiger partial charge in [-0.15, -0.1) is 0 Å². The van der Waals surface area contributed by atoms with Crippen molar-refractivity contribution in [2.24, 2.45) is 0 Å². The summed E-state index contributed by atoms with van der Waals surface area (Å²) in [5, 5.41) is 1.29. The quantitative estimate of drug-likeness (QED) is 0.504. The van der Waals surface area contributed by atoms with Crippen LogP contribution in [0.25, 0.3) is 10.9 Å². The van der Waals surface area contributed by atoms with Crippen molar-refractivity contribution in [3.8, 4) is 5.75 Å². The molecule has 0 bridgehead atoms. The lowest BCUT2D eigenvalue weighted by atomic mass is 10.1. The minimum absolute atomic E-state index is 0.796. The van der Waals surface area contributed by atoms with Crippen molar-refractivity contribution in [3.63, 3.8) is 0 Å². The number of nitrogens with zero attached hydrogens (tertiary/aromatic N) is 1. The molecule has 0 amide bonds. The molecule has 0 aliphatic rings. The molecule has 0 unspecified atom stereocenters. The van der Waals surface area contributed by atoms with Gasteiger partial charge in [-0.2, -0.15) is 0 Å². The van der Waals surface area contributed by atoms with Gasteiger partial charge >= 0.3 is 0 Å². The Kier molecular flexibility index (Phi) is 6.65. The van der Waals surface area contributed by atoms with Crippen molar-refractivity contribution in [2.75, 3.05) is 6.61 Å². The molecular weight excluding hydrogens is 258 g/mol. The normalized spacial score (nSPS) is 11.1.